The molecule has 0 spiro atoms. The Morgan fingerprint density at radius 2 is 2.13 bits per heavy atom. The molecule has 0 heterocycles. The van der Waals surface area contributed by atoms with E-state index in [1.54, 1.807) is 6.92 Å². The molecule has 2 atom stereocenters. The lowest BCUT2D eigenvalue weighted by atomic mass is 10.1. The standard InChI is InChI=1S/C9H18N2O3S/c1-2-5-15(13,14)11-9(12)7-3-4-8(10)6-7/h7-8H,2-6,10H2,1H3,(H,11,12). The van der Waals surface area contributed by atoms with E-state index in [-0.39, 0.29) is 17.7 Å². The maximum atomic E-state index is 11.5. The van der Waals surface area contributed by atoms with Gasteiger partial charge < -0.3 is 5.73 Å². The van der Waals surface area contributed by atoms with E-state index in [1.165, 1.54) is 0 Å². The second-order valence-electron chi connectivity index (χ2n) is 4.06. The van der Waals surface area contributed by atoms with Gasteiger partial charge in [-0.1, -0.05) is 6.92 Å². The number of carbonyl (C=O) groups excluding carboxylic acids is 1. The minimum atomic E-state index is -3.43. The molecule has 1 saturated carbocycles. The smallest absolute Gasteiger partial charge is 0.236 e. The number of carbonyl (C=O) groups is 1. The van der Waals surface area contributed by atoms with Gasteiger partial charge in [-0.15, -0.1) is 0 Å². The Hall–Kier alpha value is -0.620. The Balaban J connectivity index is 2.49. The molecule has 5 nitrogen and oxygen atoms in total. The van der Waals surface area contributed by atoms with Crippen molar-refractivity contribution in [3.63, 3.8) is 0 Å². The van der Waals surface area contributed by atoms with Crippen molar-refractivity contribution in [2.45, 2.75) is 38.6 Å². The first-order valence-corrected chi connectivity index (χ1v) is 6.89. The van der Waals surface area contributed by atoms with Crippen molar-refractivity contribution in [1.29, 1.82) is 0 Å². The highest BCUT2D eigenvalue weighted by Gasteiger charge is 2.29. The molecule has 0 saturated heterocycles. The highest BCUT2D eigenvalue weighted by molar-refractivity contribution is 7.90. The molecule has 0 aromatic rings. The summed E-state index contributed by atoms with van der Waals surface area (Å²) in [5.41, 5.74) is 5.66. The highest BCUT2D eigenvalue weighted by Crippen LogP contribution is 2.24. The maximum Gasteiger partial charge on any atom is 0.236 e. The lowest BCUT2D eigenvalue weighted by Crippen LogP contribution is -2.36. The van der Waals surface area contributed by atoms with Gasteiger partial charge in [0.15, 0.2) is 0 Å². The zero-order chi connectivity index (χ0) is 11.5. The molecule has 1 rings (SSSR count). The third kappa shape index (κ3) is 3.79. The molecule has 0 radical (unpaired) electrons. The number of nitrogens with two attached hydrogens (primary N) is 1. The first-order chi connectivity index (χ1) is 6.94. The molecule has 1 amide bonds. The predicted molar refractivity (Wildman–Crippen MR) is 57.5 cm³/mol. The van der Waals surface area contributed by atoms with Crippen LogP contribution in [0.2, 0.25) is 0 Å². The Kier molecular flexibility index (Phi) is 4.10. The summed E-state index contributed by atoms with van der Waals surface area (Å²) in [6.45, 7) is 1.76. The number of hydrogen-bond acceptors (Lipinski definition) is 4. The number of nitrogens with one attached hydrogen (secondary N) is 1. The SMILES string of the molecule is CCCS(=O)(=O)NC(=O)C1CCC(N)C1. The van der Waals surface area contributed by atoms with Crippen molar-refractivity contribution in [3.8, 4) is 0 Å². The van der Waals surface area contributed by atoms with E-state index in [2.05, 4.69) is 4.72 Å². The monoisotopic (exact) mass is 234 g/mol. The maximum absolute atomic E-state index is 11.5. The molecule has 0 aliphatic heterocycles. The van der Waals surface area contributed by atoms with Gasteiger partial charge in [0.2, 0.25) is 15.9 Å². The van der Waals surface area contributed by atoms with Crippen LogP contribution in [0.15, 0.2) is 0 Å². The van der Waals surface area contributed by atoms with Crippen LogP contribution in [0.3, 0.4) is 0 Å². The summed E-state index contributed by atoms with van der Waals surface area (Å²) in [4.78, 5) is 11.5. The summed E-state index contributed by atoms with van der Waals surface area (Å²) in [7, 11) is -3.43. The van der Waals surface area contributed by atoms with Crippen molar-refractivity contribution in [2.75, 3.05) is 5.75 Å². The van der Waals surface area contributed by atoms with Gasteiger partial charge in [0, 0.05) is 12.0 Å². The Labute approximate surface area is 90.5 Å². The van der Waals surface area contributed by atoms with Crippen LogP contribution in [0.5, 0.6) is 0 Å². The zero-order valence-corrected chi connectivity index (χ0v) is 9.72. The third-order valence-corrected chi connectivity index (χ3v) is 4.03. The fourth-order valence-electron chi connectivity index (χ4n) is 1.81. The summed E-state index contributed by atoms with van der Waals surface area (Å²) in [5, 5.41) is 0. The molecular formula is C9H18N2O3S. The number of hydrogen-bond donors (Lipinski definition) is 2. The quantitative estimate of drug-likeness (QED) is 0.715. The first-order valence-electron chi connectivity index (χ1n) is 5.24. The molecule has 2 unspecified atom stereocenters. The van der Waals surface area contributed by atoms with Crippen LogP contribution in [-0.4, -0.2) is 26.1 Å². The Morgan fingerprint density at radius 1 is 1.47 bits per heavy atom. The van der Waals surface area contributed by atoms with Crippen LogP contribution in [0.25, 0.3) is 0 Å². The number of sulfonamides is 1. The van der Waals surface area contributed by atoms with E-state index in [1.807, 2.05) is 0 Å². The van der Waals surface area contributed by atoms with Gasteiger partial charge in [0.25, 0.3) is 0 Å². The van der Waals surface area contributed by atoms with Gasteiger partial charge in [0.05, 0.1) is 5.75 Å². The van der Waals surface area contributed by atoms with Gasteiger partial charge in [-0.05, 0) is 25.7 Å². The van der Waals surface area contributed by atoms with E-state index in [9.17, 15) is 13.2 Å². The van der Waals surface area contributed by atoms with Crippen LogP contribution in [0.1, 0.15) is 32.6 Å². The summed E-state index contributed by atoms with van der Waals surface area (Å²) in [5.74, 6) is -0.625. The van der Waals surface area contributed by atoms with E-state index < -0.39 is 15.9 Å². The second kappa shape index (κ2) is 4.94. The third-order valence-electron chi connectivity index (χ3n) is 2.57. The Morgan fingerprint density at radius 3 is 2.60 bits per heavy atom. The second-order valence-corrected chi connectivity index (χ2v) is 5.90. The summed E-state index contributed by atoms with van der Waals surface area (Å²) < 4.78 is 24.7. The van der Waals surface area contributed by atoms with Crippen LogP contribution in [0.4, 0.5) is 0 Å². The summed E-state index contributed by atoms with van der Waals surface area (Å²) in [6, 6.07) is 0.0367. The lowest BCUT2D eigenvalue weighted by Gasteiger charge is -2.10. The van der Waals surface area contributed by atoms with Crippen molar-refractivity contribution >= 4 is 15.9 Å². The van der Waals surface area contributed by atoms with Crippen LogP contribution in [-0.2, 0) is 14.8 Å². The van der Waals surface area contributed by atoms with Gasteiger partial charge in [-0.25, -0.2) is 8.42 Å². The molecule has 0 aromatic carbocycles. The fraction of sp³-hybridized carbons (Fsp3) is 0.889. The molecule has 1 aliphatic carbocycles. The minimum absolute atomic E-state index is 0.00247. The fourth-order valence-corrected chi connectivity index (χ4v) is 2.92. The molecule has 0 bridgehead atoms. The molecule has 3 N–H and O–H groups in total. The topological polar surface area (TPSA) is 89.3 Å². The first kappa shape index (κ1) is 12.4. The van der Waals surface area contributed by atoms with Gasteiger partial charge in [-0.3, -0.25) is 9.52 Å². The molecule has 6 heteroatoms. The van der Waals surface area contributed by atoms with Crippen molar-refractivity contribution in [1.82, 2.24) is 4.72 Å². The minimum Gasteiger partial charge on any atom is -0.328 e. The number of amides is 1. The van der Waals surface area contributed by atoms with E-state index >= 15 is 0 Å². The molecule has 88 valence electrons. The molecule has 1 fully saturated rings. The Bertz CT molecular complexity index is 326. The van der Waals surface area contributed by atoms with Gasteiger partial charge in [-0.2, -0.15) is 0 Å². The zero-order valence-electron chi connectivity index (χ0n) is 8.90. The van der Waals surface area contributed by atoms with Crippen LogP contribution >= 0.6 is 0 Å². The van der Waals surface area contributed by atoms with E-state index in [0.29, 0.717) is 19.3 Å². The molecule has 15 heavy (non-hydrogen) atoms. The predicted octanol–water partition coefficient (Wildman–Crippen LogP) is -0.0302. The highest BCUT2D eigenvalue weighted by atomic mass is 32.2. The largest absolute Gasteiger partial charge is 0.328 e. The average molecular weight is 234 g/mol. The van der Waals surface area contributed by atoms with E-state index in [4.69, 9.17) is 5.73 Å². The van der Waals surface area contributed by atoms with Crippen molar-refractivity contribution in [2.24, 2.45) is 11.7 Å². The average Bonchev–Trinajstić information content (AvgIpc) is 2.50. The van der Waals surface area contributed by atoms with Crippen LogP contribution < -0.4 is 10.5 Å². The molecule has 1 aliphatic rings. The van der Waals surface area contributed by atoms with Crippen LogP contribution in [0, 0.1) is 5.92 Å². The molecule has 0 aromatic heterocycles. The summed E-state index contributed by atoms with van der Waals surface area (Å²) in [6.07, 6.45) is 2.58. The van der Waals surface area contributed by atoms with E-state index in [0.717, 1.165) is 6.42 Å². The lowest BCUT2D eigenvalue weighted by molar-refractivity contribution is -0.123. The summed E-state index contributed by atoms with van der Waals surface area (Å²) >= 11 is 0. The van der Waals surface area contributed by atoms with Gasteiger partial charge in [0.1, 0.15) is 0 Å². The van der Waals surface area contributed by atoms with Crippen molar-refractivity contribution in [3.05, 3.63) is 0 Å². The molecular weight excluding hydrogens is 216 g/mol. The number of rotatable bonds is 4. The normalized spacial score (nSPS) is 26.5. The van der Waals surface area contributed by atoms with Crippen molar-refractivity contribution < 1.29 is 13.2 Å². The van der Waals surface area contributed by atoms with Gasteiger partial charge >= 0.3 is 0 Å².